The Morgan fingerprint density at radius 3 is 2.73 bits per heavy atom. The van der Waals surface area contributed by atoms with E-state index in [1.165, 1.54) is 18.7 Å². The fraction of sp³-hybridized carbons (Fsp3) is 0.529. The zero-order valence-electron chi connectivity index (χ0n) is 12.7. The van der Waals surface area contributed by atoms with Crippen molar-refractivity contribution in [2.75, 3.05) is 13.1 Å². The second-order valence-electron chi connectivity index (χ2n) is 6.08. The van der Waals surface area contributed by atoms with Crippen LogP contribution in [0.15, 0.2) is 30.5 Å². The van der Waals surface area contributed by atoms with Gasteiger partial charge in [-0.2, -0.15) is 4.39 Å². The third-order valence-corrected chi connectivity index (χ3v) is 4.50. The number of allylic oxidation sites excluding steroid dienone is 1. The van der Waals surface area contributed by atoms with Crippen LogP contribution in [0.25, 0.3) is 0 Å². The molecule has 1 atom stereocenters. The summed E-state index contributed by atoms with van der Waals surface area (Å²) < 4.78 is 13.1. The highest BCUT2D eigenvalue weighted by Gasteiger charge is 2.25. The molecule has 0 spiro atoms. The van der Waals surface area contributed by atoms with Crippen LogP contribution in [0.1, 0.15) is 42.5 Å². The number of carbonyl (C=O) groups is 1. The molecule has 5 heteroatoms. The fourth-order valence-corrected chi connectivity index (χ4v) is 3.25. The summed E-state index contributed by atoms with van der Waals surface area (Å²) in [6.07, 6.45) is 11.2. The lowest BCUT2D eigenvalue weighted by molar-refractivity contribution is 0.0700. The maximum absolute atomic E-state index is 13.1. The molecule has 1 aliphatic carbocycles. The first-order valence-electron chi connectivity index (χ1n) is 8.04. The molecular formula is C17H22FN3O. The molecule has 0 saturated carbocycles. The lowest BCUT2D eigenvalue weighted by Gasteiger charge is -2.35. The first kappa shape index (κ1) is 15.2. The Hall–Kier alpha value is -1.75. The molecule has 118 valence electrons. The molecule has 2 heterocycles. The van der Waals surface area contributed by atoms with Crippen LogP contribution >= 0.6 is 0 Å². The number of hydrogen-bond donors (Lipinski definition) is 1. The SMILES string of the molecule is O=C(c1ccnc(F)c1)N1CCC(NC2CC=CCC2)CC1. The van der Waals surface area contributed by atoms with Crippen LogP contribution in [0.4, 0.5) is 4.39 Å². The molecule has 1 saturated heterocycles. The molecular weight excluding hydrogens is 281 g/mol. The van der Waals surface area contributed by atoms with Gasteiger partial charge in [0.15, 0.2) is 0 Å². The molecule has 1 aliphatic heterocycles. The van der Waals surface area contributed by atoms with Crippen molar-refractivity contribution in [2.24, 2.45) is 0 Å². The van der Waals surface area contributed by atoms with E-state index in [-0.39, 0.29) is 5.91 Å². The average Bonchev–Trinajstić information content (AvgIpc) is 2.56. The second-order valence-corrected chi connectivity index (χ2v) is 6.08. The van der Waals surface area contributed by atoms with Gasteiger partial charge in [-0.3, -0.25) is 4.79 Å². The predicted octanol–water partition coefficient (Wildman–Crippen LogP) is 2.52. The highest BCUT2D eigenvalue weighted by atomic mass is 19.1. The van der Waals surface area contributed by atoms with Crippen molar-refractivity contribution < 1.29 is 9.18 Å². The number of rotatable bonds is 3. The number of amides is 1. The summed E-state index contributed by atoms with van der Waals surface area (Å²) >= 11 is 0. The Morgan fingerprint density at radius 2 is 2.05 bits per heavy atom. The summed E-state index contributed by atoms with van der Waals surface area (Å²) in [6, 6.07) is 3.84. The molecule has 1 N–H and O–H groups in total. The van der Waals surface area contributed by atoms with E-state index in [0.29, 0.717) is 17.6 Å². The van der Waals surface area contributed by atoms with Crippen LogP contribution in [0.3, 0.4) is 0 Å². The van der Waals surface area contributed by atoms with Gasteiger partial charge in [-0.15, -0.1) is 0 Å². The van der Waals surface area contributed by atoms with E-state index in [1.807, 2.05) is 4.90 Å². The molecule has 1 fully saturated rings. The summed E-state index contributed by atoms with van der Waals surface area (Å²) in [6.45, 7) is 1.45. The van der Waals surface area contributed by atoms with Gasteiger partial charge in [0.2, 0.25) is 5.95 Å². The zero-order valence-corrected chi connectivity index (χ0v) is 12.7. The molecule has 3 rings (SSSR count). The number of aromatic nitrogens is 1. The Kier molecular flexibility index (Phi) is 4.83. The number of likely N-dealkylation sites (tertiary alicyclic amines) is 1. The molecule has 0 radical (unpaired) electrons. The van der Waals surface area contributed by atoms with Gasteiger partial charge < -0.3 is 10.2 Å². The number of piperidine rings is 1. The molecule has 1 unspecified atom stereocenters. The maximum Gasteiger partial charge on any atom is 0.254 e. The topological polar surface area (TPSA) is 45.2 Å². The van der Waals surface area contributed by atoms with E-state index in [2.05, 4.69) is 22.5 Å². The second kappa shape index (κ2) is 7.01. The third-order valence-electron chi connectivity index (χ3n) is 4.50. The van der Waals surface area contributed by atoms with Crippen molar-refractivity contribution in [1.29, 1.82) is 0 Å². The van der Waals surface area contributed by atoms with Gasteiger partial charge in [-0.1, -0.05) is 12.2 Å². The number of nitrogens with one attached hydrogen (secondary N) is 1. The van der Waals surface area contributed by atoms with Crippen LogP contribution < -0.4 is 5.32 Å². The molecule has 2 aliphatic rings. The van der Waals surface area contributed by atoms with Gasteiger partial charge in [0.1, 0.15) is 0 Å². The molecule has 0 aromatic carbocycles. The summed E-state index contributed by atoms with van der Waals surface area (Å²) in [5.41, 5.74) is 0.385. The largest absolute Gasteiger partial charge is 0.339 e. The van der Waals surface area contributed by atoms with Gasteiger partial charge in [0.05, 0.1) is 0 Å². The van der Waals surface area contributed by atoms with E-state index >= 15 is 0 Å². The van der Waals surface area contributed by atoms with Crippen LogP contribution in [0, 0.1) is 5.95 Å². The van der Waals surface area contributed by atoms with Crippen LogP contribution in [-0.4, -0.2) is 41.0 Å². The lowest BCUT2D eigenvalue weighted by atomic mass is 9.98. The highest BCUT2D eigenvalue weighted by molar-refractivity contribution is 5.94. The van der Waals surface area contributed by atoms with E-state index < -0.39 is 5.95 Å². The Morgan fingerprint density at radius 1 is 1.23 bits per heavy atom. The predicted molar refractivity (Wildman–Crippen MR) is 83.0 cm³/mol. The number of hydrogen-bond acceptors (Lipinski definition) is 3. The number of halogens is 1. The van der Waals surface area contributed by atoms with Crippen molar-refractivity contribution in [3.8, 4) is 0 Å². The fourth-order valence-electron chi connectivity index (χ4n) is 3.25. The quantitative estimate of drug-likeness (QED) is 0.689. The number of carbonyl (C=O) groups excluding carboxylic acids is 1. The molecule has 0 bridgehead atoms. The zero-order chi connectivity index (χ0) is 15.4. The van der Waals surface area contributed by atoms with Crippen molar-refractivity contribution in [3.05, 3.63) is 42.0 Å². The minimum Gasteiger partial charge on any atom is -0.339 e. The minimum absolute atomic E-state index is 0.0969. The van der Waals surface area contributed by atoms with Gasteiger partial charge in [0.25, 0.3) is 5.91 Å². The van der Waals surface area contributed by atoms with Crippen molar-refractivity contribution >= 4 is 5.91 Å². The lowest BCUT2D eigenvalue weighted by Crippen LogP contribution is -2.48. The van der Waals surface area contributed by atoms with Crippen molar-refractivity contribution in [3.63, 3.8) is 0 Å². The summed E-state index contributed by atoms with van der Waals surface area (Å²) in [5, 5.41) is 3.71. The number of nitrogens with zero attached hydrogens (tertiary/aromatic N) is 2. The normalized spacial score (nSPS) is 22.8. The van der Waals surface area contributed by atoms with Crippen LogP contribution in [-0.2, 0) is 0 Å². The van der Waals surface area contributed by atoms with Gasteiger partial charge in [-0.05, 0) is 38.2 Å². The molecule has 1 aromatic rings. The number of pyridine rings is 1. The smallest absolute Gasteiger partial charge is 0.254 e. The molecule has 1 aromatic heterocycles. The molecule has 22 heavy (non-hydrogen) atoms. The summed E-state index contributed by atoms with van der Waals surface area (Å²) in [7, 11) is 0. The minimum atomic E-state index is -0.604. The third kappa shape index (κ3) is 3.71. The first-order chi connectivity index (χ1) is 10.7. The Labute approximate surface area is 130 Å². The van der Waals surface area contributed by atoms with Crippen LogP contribution in [0.5, 0.6) is 0 Å². The highest BCUT2D eigenvalue weighted by Crippen LogP contribution is 2.17. The Bertz CT molecular complexity index is 553. The average molecular weight is 303 g/mol. The Balaban J connectivity index is 1.51. The van der Waals surface area contributed by atoms with Crippen molar-refractivity contribution in [1.82, 2.24) is 15.2 Å². The van der Waals surface area contributed by atoms with E-state index in [1.54, 1.807) is 6.07 Å². The van der Waals surface area contributed by atoms with E-state index in [0.717, 1.165) is 38.8 Å². The van der Waals surface area contributed by atoms with E-state index in [4.69, 9.17) is 0 Å². The van der Waals surface area contributed by atoms with E-state index in [9.17, 15) is 9.18 Å². The van der Waals surface area contributed by atoms with Crippen molar-refractivity contribution in [2.45, 2.75) is 44.2 Å². The van der Waals surface area contributed by atoms with Gasteiger partial charge >= 0.3 is 0 Å². The summed E-state index contributed by atoms with van der Waals surface area (Å²) in [5.74, 6) is -0.701. The van der Waals surface area contributed by atoms with Gasteiger partial charge in [-0.25, -0.2) is 4.98 Å². The monoisotopic (exact) mass is 303 g/mol. The maximum atomic E-state index is 13.1. The van der Waals surface area contributed by atoms with Gasteiger partial charge in [0, 0.05) is 43.0 Å². The standard InChI is InChI=1S/C17H22FN3O/c18-16-12-13(6-9-19-16)17(22)21-10-7-15(8-11-21)20-14-4-2-1-3-5-14/h1-2,6,9,12,14-15,20H,3-5,7-8,10-11H2. The first-order valence-corrected chi connectivity index (χ1v) is 8.04. The molecule has 4 nitrogen and oxygen atoms in total. The summed E-state index contributed by atoms with van der Waals surface area (Å²) in [4.78, 5) is 17.7. The van der Waals surface area contributed by atoms with Crippen LogP contribution in [0.2, 0.25) is 0 Å². The molecule has 1 amide bonds.